The lowest BCUT2D eigenvalue weighted by atomic mass is 10.3. The van der Waals surface area contributed by atoms with E-state index in [1.165, 1.54) is 0 Å². The van der Waals surface area contributed by atoms with Gasteiger partial charge in [0.1, 0.15) is 11.6 Å². The van der Waals surface area contributed by atoms with Gasteiger partial charge in [0.25, 0.3) is 0 Å². The maximum absolute atomic E-state index is 5.03. The van der Waals surface area contributed by atoms with Crippen molar-refractivity contribution in [3.8, 4) is 0 Å². The second kappa shape index (κ2) is 8.06. The second-order valence-corrected chi connectivity index (χ2v) is 4.48. The molecular formula is C15H21N5O. The average molecular weight is 287 g/mol. The summed E-state index contributed by atoms with van der Waals surface area (Å²) >= 11 is 0. The van der Waals surface area contributed by atoms with E-state index in [4.69, 9.17) is 4.74 Å². The van der Waals surface area contributed by atoms with Crippen molar-refractivity contribution in [1.82, 2.24) is 9.97 Å². The Morgan fingerprint density at radius 1 is 1.10 bits per heavy atom. The summed E-state index contributed by atoms with van der Waals surface area (Å²) in [5, 5.41) is 9.50. The van der Waals surface area contributed by atoms with Crippen LogP contribution in [0.4, 0.5) is 23.3 Å². The number of benzene rings is 1. The minimum absolute atomic E-state index is 0.574. The lowest BCUT2D eigenvalue weighted by molar-refractivity contribution is 0.198. The van der Waals surface area contributed by atoms with Crippen LogP contribution in [0.15, 0.2) is 36.4 Å². The highest BCUT2D eigenvalue weighted by Gasteiger charge is 2.03. The van der Waals surface area contributed by atoms with Crippen molar-refractivity contribution in [2.24, 2.45) is 0 Å². The molecule has 0 unspecified atom stereocenters. The third-order valence-corrected chi connectivity index (χ3v) is 2.83. The maximum Gasteiger partial charge on any atom is 0.226 e. The summed E-state index contributed by atoms with van der Waals surface area (Å²) < 4.78 is 5.03. The lowest BCUT2D eigenvalue weighted by Crippen LogP contribution is -2.09. The lowest BCUT2D eigenvalue weighted by Gasteiger charge is -2.11. The molecule has 0 fully saturated rings. The summed E-state index contributed by atoms with van der Waals surface area (Å²) in [6.07, 6.45) is 0.927. The molecule has 2 rings (SSSR count). The van der Waals surface area contributed by atoms with Crippen LogP contribution in [0.1, 0.15) is 6.42 Å². The average Bonchev–Trinajstić information content (AvgIpc) is 2.52. The summed E-state index contributed by atoms with van der Waals surface area (Å²) in [5.74, 6) is 2.10. The monoisotopic (exact) mass is 287 g/mol. The van der Waals surface area contributed by atoms with Crippen LogP contribution >= 0.6 is 0 Å². The molecule has 0 aliphatic carbocycles. The van der Waals surface area contributed by atoms with Crippen LogP contribution in [0.3, 0.4) is 0 Å². The summed E-state index contributed by atoms with van der Waals surface area (Å²) in [4.78, 5) is 8.77. The van der Waals surface area contributed by atoms with Crippen molar-refractivity contribution >= 4 is 23.3 Å². The number of methoxy groups -OCH3 is 1. The van der Waals surface area contributed by atoms with E-state index < -0.39 is 0 Å². The summed E-state index contributed by atoms with van der Waals surface area (Å²) in [5.41, 5.74) is 0.989. The van der Waals surface area contributed by atoms with Gasteiger partial charge in [-0.2, -0.15) is 9.97 Å². The molecule has 6 heteroatoms. The highest BCUT2D eigenvalue weighted by atomic mass is 16.5. The van der Waals surface area contributed by atoms with Gasteiger partial charge >= 0.3 is 0 Å². The molecule has 0 aliphatic heterocycles. The van der Waals surface area contributed by atoms with Gasteiger partial charge in [-0.3, -0.25) is 0 Å². The van der Waals surface area contributed by atoms with E-state index in [9.17, 15) is 0 Å². The Morgan fingerprint density at radius 3 is 2.57 bits per heavy atom. The van der Waals surface area contributed by atoms with Crippen molar-refractivity contribution in [1.29, 1.82) is 0 Å². The van der Waals surface area contributed by atoms with Gasteiger partial charge in [0.05, 0.1) is 0 Å². The predicted molar refractivity (Wildman–Crippen MR) is 86.3 cm³/mol. The fourth-order valence-electron chi connectivity index (χ4n) is 1.82. The zero-order chi connectivity index (χ0) is 14.9. The van der Waals surface area contributed by atoms with Gasteiger partial charge < -0.3 is 20.7 Å². The Morgan fingerprint density at radius 2 is 1.86 bits per heavy atom. The minimum Gasteiger partial charge on any atom is -0.385 e. The molecule has 21 heavy (non-hydrogen) atoms. The van der Waals surface area contributed by atoms with Crippen LogP contribution in [-0.4, -0.2) is 37.3 Å². The molecule has 0 bridgehead atoms. The third kappa shape index (κ3) is 4.92. The molecular weight excluding hydrogens is 266 g/mol. The number of hydrogen-bond acceptors (Lipinski definition) is 6. The molecule has 0 saturated heterocycles. The predicted octanol–water partition coefficient (Wildman–Crippen LogP) is 2.71. The molecule has 112 valence electrons. The summed E-state index contributed by atoms with van der Waals surface area (Å²) in [6.45, 7) is 1.53. The molecule has 0 atom stereocenters. The van der Waals surface area contributed by atoms with Crippen LogP contribution in [0, 0.1) is 0 Å². The number of para-hydroxylation sites is 1. The molecule has 1 aromatic carbocycles. The molecule has 0 aliphatic rings. The molecule has 0 saturated carbocycles. The highest BCUT2D eigenvalue weighted by Crippen LogP contribution is 2.18. The van der Waals surface area contributed by atoms with Gasteiger partial charge in [-0.15, -0.1) is 0 Å². The Bertz CT molecular complexity index is 547. The number of nitrogens with zero attached hydrogens (tertiary/aromatic N) is 2. The summed E-state index contributed by atoms with van der Waals surface area (Å²) in [6, 6.07) is 11.8. The molecule has 0 amide bonds. The minimum atomic E-state index is 0.574. The molecule has 1 heterocycles. The van der Waals surface area contributed by atoms with Gasteiger partial charge in [0.15, 0.2) is 0 Å². The van der Waals surface area contributed by atoms with E-state index >= 15 is 0 Å². The van der Waals surface area contributed by atoms with E-state index in [0.717, 1.165) is 36.9 Å². The molecule has 0 spiro atoms. The van der Waals surface area contributed by atoms with E-state index in [-0.39, 0.29) is 0 Å². The SMILES string of the molecule is CNc1nc(NCCCOC)cc(Nc2ccccc2)n1. The van der Waals surface area contributed by atoms with Crippen LogP contribution in [0.2, 0.25) is 0 Å². The van der Waals surface area contributed by atoms with Crippen molar-refractivity contribution in [2.45, 2.75) is 6.42 Å². The second-order valence-electron chi connectivity index (χ2n) is 4.48. The highest BCUT2D eigenvalue weighted by molar-refractivity contribution is 5.60. The first-order valence-corrected chi connectivity index (χ1v) is 6.93. The van der Waals surface area contributed by atoms with Gasteiger partial charge in [-0.1, -0.05) is 18.2 Å². The first kappa shape index (κ1) is 15.1. The zero-order valence-corrected chi connectivity index (χ0v) is 12.4. The molecule has 6 nitrogen and oxygen atoms in total. The molecule has 1 aromatic heterocycles. The Labute approximate surface area is 125 Å². The fraction of sp³-hybridized carbons (Fsp3) is 0.333. The van der Waals surface area contributed by atoms with E-state index in [2.05, 4.69) is 25.9 Å². The van der Waals surface area contributed by atoms with Crippen LogP contribution in [0.25, 0.3) is 0 Å². The van der Waals surface area contributed by atoms with Gasteiger partial charge in [-0.25, -0.2) is 0 Å². The Balaban J connectivity index is 2.06. The molecule has 3 N–H and O–H groups in total. The summed E-state index contributed by atoms with van der Waals surface area (Å²) in [7, 11) is 3.50. The van der Waals surface area contributed by atoms with Crippen molar-refractivity contribution in [2.75, 3.05) is 43.3 Å². The number of aromatic nitrogens is 2. The number of nitrogens with one attached hydrogen (secondary N) is 3. The smallest absolute Gasteiger partial charge is 0.226 e. The van der Waals surface area contributed by atoms with Gasteiger partial charge in [-0.05, 0) is 18.6 Å². The number of anilines is 4. The van der Waals surface area contributed by atoms with Crippen molar-refractivity contribution in [3.63, 3.8) is 0 Å². The number of rotatable bonds is 8. The first-order chi connectivity index (χ1) is 10.3. The third-order valence-electron chi connectivity index (χ3n) is 2.83. The van der Waals surface area contributed by atoms with E-state index in [1.807, 2.05) is 36.4 Å². The van der Waals surface area contributed by atoms with Crippen molar-refractivity contribution in [3.05, 3.63) is 36.4 Å². The largest absolute Gasteiger partial charge is 0.385 e. The normalized spacial score (nSPS) is 10.2. The topological polar surface area (TPSA) is 71.1 Å². The van der Waals surface area contributed by atoms with Crippen molar-refractivity contribution < 1.29 is 4.74 Å². The van der Waals surface area contributed by atoms with Crippen LogP contribution in [-0.2, 0) is 4.74 Å². The maximum atomic E-state index is 5.03. The van der Waals surface area contributed by atoms with Gasteiger partial charge in [0, 0.05) is 39.1 Å². The fourth-order valence-corrected chi connectivity index (χ4v) is 1.82. The standard InChI is InChI=1S/C15H21N5O/c1-16-15-19-13(17-9-6-10-21-2)11-14(20-15)18-12-7-4-3-5-8-12/h3-5,7-8,11H,6,9-10H2,1-2H3,(H3,16,17,18,19,20). The molecule has 2 aromatic rings. The Kier molecular flexibility index (Phi) is 5.78. The number of ether oxygens (including phenoxy) is 1. The van der Waals surface area contributed by atoms with E-state index in [1.54, 1.807) is 14.2 Å². The van der Waals surface area contributed by atoms with Gasteiger partial charge in [0.2, 0.25) is 5.95 Å². The number of hydrogen-bond donors (Lipinski definition) is 3. The Hall–Kier alpha value is -2.34. The van der Waals surface area contributed by atoms with E-state index in [0.29, 0.717) is 5.95 Å². The first-order valence-electron chi connectivity index (χ1n) is 6.93. The quantitative estimate of drug-likeness (QED) is 0.648. The van der Waals surface area contributed by atoms with Crippen LogP contribution < -0.4 is 16.0 Å². The molecule has 0 radical (unpaired) electrons. The van der Waals surface area contributed by atoms with Crippen LogP contribution in [0.5, 0.6) is 0 Å². The zero-order valence-electron chi connectivity index (χ0n) is 12.4.